The van der Waals surface area contributed by atoms with Crippen LogP contribution in [0.1, 0.15) is 0 Å². The fourth-order valence-corrected chi connectivity index (χ4v) is 1.60. The van der Waals surface area contributed by atoms with Crippen LogP contribution in [0.4, 0.5) is 9.59 Å². The van der Waals surface area contributed by atoms with E-state index in [2.05, 4.69) is 0 Å². The molecule has 0 saturated carbocycles. The molecule has 2 atom stereocenters. The molecule has 0 radical (unpaired) electrons. The molecule has 2 aliphatic heterocycles. The lowest BCUT2D eigenvalue weighted by atomic mass is 10.3. The summed E-state index contributed by atoms with van der Waals surface area (Å²) in [7, 11) is 1.04. The van der Waals surface area contributed by atoms with Crippen molar-refractivity contribution in [3.05, 3.63) is 0 Å². The predicted molar refractivity (Wildman–Crippen MR) is 38.2 cm³/mol. The van der Waals surface area contributed by atoms with Crippen molar-refractivity contribution in [3.8, 4) is 0 Å². The van der Waals surface area contributed by atoms with Crippen molar-refractivity contribution in [2.45, 2.75) is 12.0 Å². The van der Waals surface area contributed by atoms with E-state index in [0.717, 1.165) is 7.05 Å². The average molecular weight is 220 g/mol. The van der Waals surface area contributed by atoms with Crippen LogP contribution in [0.5, 0.6) is 0 Å². The molecule has 0 aromatic rings. The van der Waals surface area contributed by atoms with Gasteiger partial charge >= 0.3 is 12.1 Å². The van der Waals surface area contributed by atoms with E-state index in [0.29, 0.717) is 4.90 Å². The maximum atomic E-state index is 11.2. The summed E-state index contributed by atoms with van der Waals surface area (Å²) >= 11 is 0. The van der Waals surface area contributed by atoms with Crippen molar-refractivity contribution in [1.29, 1.82) is 0 Å². The molecule has 2 aliphatic rings. The molecule has 4 N–H and O–H groups in total. The molecule has 2 rings (SSSR count). The summed E-state index contributed by atoms with van der Waals surface area (Å²) in [6.45, 7) is 0. The molecule has 2 fully saturated rings. The van der Waals surface area contributed by atoms with Gasteiger partial charge in [-0.1, -0.05) is 0 Å². The first kappa shape index (κ1) is 9.92. The van der Waals surface area contributed by atoms with E-state index in [4.69, 9.17) is 5.21 Å². The van der Waals surface area contributed by atoms with Gasteiger partial charge < -0.3 is 5.11 Å². The highest BCUT2D eigenvalue weighted by Crippen LogP contribution is 2.37. The molecule has 4 amide bonds. The summed E-state index contributed by atoms with van der Waals surface area (Å²) < 4.78 is 0. The standard InChI is InChI=1S/C5H8N4O6/c1-6-3(10)7(13)2-5(6,12)9(15)4(11)8(2)14/h2,12-15H,1H3. The first-order valence-electron chi connectivity index (χ1n) is 3.83. The average Bonchev–Trinajstić information content (AvgIpc) is 2.48. The lowest BCUT2D eigenvalue weighted by Gasteiger charge is -2.29. The summed E-state index contributed by atoms with van der Waals surface area (Å²) in [5, 5.41) is 36.9. The topological polar surface area (TPSA) is 128 Å². The van der Waals surface area contributed by atoms with Crippen molar-refractivity contribution in [2.75, 3.05) is 7.05 Å². The van der Waals surface area contributed by atoms with Gasteiger partial charge in [0.25, 0.3) is 5.85 Å². The Morgan fingerprint density at radius 3 is 2.07 bits per heavy atom. The minimum Gasteiger partial charge on any atom is -0.349 e. The van der Waals surface area contributed by atoms with Gasteiger partial charge in [0.05, 0.1) is 0 Å². The van der Waals surface area contributed by atoms with Crippen LogP contribution in [-0.2, 0) is 0 Å². The third-order valence-corrected chi connectivity index (χ3v) is 2.48. The number of hydrogen-bond donors (Lipinski definition) is 4. The number of rotatable bonds is 0. The van der Waals surface area contributed by atoms with E-state index in [1.54, 1.807) is 0 Å². The molecule has 2 unspecified atom stereocenters. The highest BCUT2D eigenvalue weighted by molar-refractivity contribution is 5.83. The van der Waals surface area contributed by atoms with Crippen LogP contribution in [0, 0.1) is 0 Å². The summed E-state index contributed by atoms with van der Waals surface area (Å²) in [6, 6.07) is -2.44. The van der Waals surface area contributed by atoms with Gasteiger partial charge in [-0.25, -0.2) is 9.59 Å². The maximum Gasteiger partial charge on any atom is 0.374 e. The highest BCUT2D eigenvalue weighted by Gasteiger charge is 2.70. The SMILES string of the molecule is CN1C(=O)N(O)C2N(O)C(=O)N(O)C21O. The number of amides is 4. The van der Waals surface area contributed by atoms with E-state index in [-0.39, 0.29) is 15.2 Å². The number of carbonyl (C=O) groups excluding carboxylic acids is 2. The van der Waals surface area contributed by atoms with Crippen LogP contribution in [0.3, 0.4) is 0 Å². The van der Waals surface area contributed by atoms with Crippen molar-refractivity contribution in [3.63, 3.8) is 0 Å². The van der Waals surface area contributed by atoms with Crippen LogP contribution in [0.2, 0.25) is 0 Å². The van der Waals surface area contributed by atoms with Crippen molar-refractivity contribution < 1.29 is 30.3 Å². The second kappa shape index (κ2) is 2.49. The largest absolute Gasteiger partial charge is 0.374 e. The van der Waals surface area contributed by atoms with Gasteiger partial charge in [-0.15, -0.1) is 5.06 Å². The fraction of sp³-hybridized carbons (Fsp3) is 0.600. The zero-order valence-electron chi connectivity index (χ0n) is 7.47. The number of likely N-dealkylation sites (N-methyl/N-ethyl adjacent to an activating group) is 1. The van der Waals surface area contributed by atoms with Gasteiger partial charge in [-0.3, -0.25) is 20.5 Å². The number of carbonyl (C=O) groups is 2. The summed E-state index contributed by atoms with van der Waals surface area (Å²) in [4.78, 5) is 22.7. The Morgan fingerprint density at radius 2 is 1.60 bits per heavy atom. The zero-order valence-corrected chi connectivity index (χ0v) is 7.47. The van der Waals surface area contributed by atoms with Crippen LogP contribution >= 0.6 is 0 Å². The van der Waals surface area contributed by atoms with Crippen LogP contribution in [-0.4, -0.2) is 71.9 Å². The molecule has 2 saturated heterocycles. The molecule has 0 aromatic heterocycles. The number of urea groups is 2. The van der Waals surface area contributed by atoms with Crippen LogP contribution in [0.25, 0.3) is 0 Å². The second-order valence-electron chi connectivity index (χ2n) is 3.19. The summed E-state index contributed by atoms with van der Waals surface area (Å²) in [5.41, 5.74) is 0. The quantitative estimate of drug-likeness (QED) is 0.358. The normalized spacial score (nSPS) is 35.7. The Kier molecular flexibility index (Phi) is 1.65. The van der Waals surface area contributed by atoms with E-state index < -0.39 is 24.1 Å². The van der Waals surface area contributed by atoms with E-state index in [1.807, 2.05) is 0 Å². The van der Waals surface area contributed by atoms with Crippen molar-refractivity contribution >= 4 is 12.1 Å². The Bertz CT molecular complexity index is 318. The van der Waals surface area contributed by atoms with Gasteiger partial charge in [0.2, 0.25) is 6.17 Å². The van der Waals surface area contributed by atoms with Gasteiger partial charge in [0, 0.05) is 7.05 Å². The molecular formula is C5H8N4O6. The highest BCUT2D eigenvalue weighted by atomic mass is 16.7. The number of fused-ring (bicyclic) bond motifs is 1. The molecule has 84 valence electrons. The van der Waals surface area contributed by atoms with Crippen LogP contribution < -0.4 is 0 Å². The lowest BCUT2D eigenvalue weighted by Crippen LogP contribution is -2.57. The second-order valence-corrected chi connectivity index (χ2v) is 3.19. The molecule has 0 spiro atoms. The smallest absolute Gasteiger partial charge is 0.349 e. The Morgan fingerprint density at radius 1 is 1.13 bits per heavy atom. The van der Waals surface area contributed by atoms with Gasteiger partial charge in [-0.05, 0) is 0 Å². The van der Waals surface area contributed by atoms with E-state index in [9.17, 15) is 25.1 Å². The Balaban J connectivity index is 2.52. The molecule has 10 nitrogen and oxygen atoms in total. The third kappa shape index (κ3) is 0.818. The fourth-order valence-electron chi connectivity index (χ4n) is 1.60. The van der Waals surface area contributed by atoms with E-state index >= 15 is 0 Å². The maximum absolute atomic E-state index is 11.2. The molecule has 0 aromatic carbocycles. The zero-order chi connectivity index (χ0) is 11.5. The minimum atomic E-state index is -2.52. The number of hydroxylamine groups is 6. The summed E-state index contributed by atoms with van der Waals surface area (Å²) in [5.74, 6) is -2.52. The number of nitrogens with zero attached hydrogens (tertiary/aromatic N) is 4. The van der Waals surface area contributed by atoms with Crippen molar-refractivity contribution in [2.24, 2.45) is 0 Å². The summed E-state index contributed by atoms with van der Waals surface area (Å²) in [6.07, 6.45) is -1.80. The molecule has 0 bridgehead atoms. The van der Waals surface area contributed by atoms with Gasteiger partial charge in [0.1, 0.15) is 0 Å². The molecule has 15 heavy (non-hydrogen) atoms. The monoisotopic (exact) mass is 220 g/mol. The van der Waals surface area contributed by atoms with Crippen molar-refractivity contribution in [1.82, 2.24) is 20.1 Å². The molecule has 10 heteroatoms. The van der Waals surface area contributed by atoms with E-state index in [1.165, 1.54) is 0 Å². The lowest BCUT2D eigenvalue weighted by molar-refractivity contribution is -0.285. The number of aliphatic hydroxyl groups is 1. The van der Waals surface area contributed by atoms with Crippen LogP contribution in [0.15, 0.2) is 0 Å². The molecule has 2 heterocycles. The molecular weight excluding hydrogens is 212 g/mol. The third-order valence-electron chi connectivity index (χ3n) is 2.48. The number of hydrogen-bond acceptors (Lipinski definition) is 6. The Hall–Kier alpha value is -1.62. The predicted octanol–water partition coefficient (Wildman–Crippen LogP) is -1.77. The molecule has 0 aliphatic carbocycles. The minimum absolute atomic E-state index is 0.0614. The first-order chi connectivity index (χ1) is 6.83. The Labute approximate surface area is 82.6 Å². The first-order valence-corrected chi connectivity index (χ1v) is 3.83. The van der Waals surface area contributed by atoms with Gasteiger partial charge in [0.15, 0.2) is 0 Å². The van der Waals surface area contributed by atoms with Gasteiger partial charge in [-0.2, -0.15) is 10.1 Å².